The van der Waals surface area contributed by atoms with Gasteiger partial charge in [-0.15, -0.1) is 0 Å². The van der Waals surface area contributed by atoms with E-state index >= 15 is 0 Å². The fourth-order valence-electron chi connectivity index (χ4n) is 1.66. The number of thioether (sulfide) groups is 1. The molecule has 1 unspecified atom stereocenters. The molecule has 4 heteroatoms. The highest BCUT2D eigenvalue weighted by Gasteiger charge is 2.23. The molecular formula is C9H17NO2S. The first-order valence-electron chi connectivity index (χ1n) is 4.77. The van der Waals surface area contributed by atoms with Crippen molar-refractivity contribution >= 4 is 17.7 Å². The van der Waals surface area contributed by atoms with E-state index in [1.807, 2.05) is 11.8 Å². The minimum absolute atomic E-state index is 0.260. The fourth-order valence-corrected chi connectivity index (χ4v) is 2.79. The van der Waals surface area contributed by atoms with Gasteiger partial charge in [0.25, 0.3) is 0 Å². The second-order valence-corrected chi connectivity index (χ2v) is 4.51. The Balaban J connectivity index is 2.41. The molecule has 1 aliphatic heterocycles. The zero-order chi connectivity index (χ0) is 9.68. The van der Waals surface area contributed by atoms with Crippen molar-refractivity contribution < 1.29 is 9.90 Å². The molecular weight excluding hydrogens is 186 g/mol. The second kappa shape index (κ2) is 5.50. The van der Waals surface area contributed by atoms with E-state index in [4.69, 9.17) is 5.11 Å². The average Bonchev–Trinajstić information content (AvgIpc) is 2.08. The Morgan fingerprint density at radius 1 is 1.69 bits per heavy atom. The molecule has 76 valence electrons. The zero-order valence-corrected chi connectivity index (χ0v) is 8.85. The van der Waals surface area contributed by atoms with Gasteiger partial charge in [0.2, 0.25) is 0 Å². The first kappa shape index (κ1) is 10.9. The van der Waals surface area contributed by atoms with Crippen molar-refractivity contribution in [3.8, 4) is 0 Å². The average molecular weight is 203 g/mol. The van der Waals surface area contributed by atoms with E-state index in [0.717, 1.165) is 31.0 Å². The number of rotatable bonds is 4. The van der Waals surface area contributed by atoms with Crippen LogP contribution in [0.1, 0.15) is 19.8 Å². The van der Waals surface area contributed by atoms with Crippen molar-refractivity contribution in [2.24, 2.45) is 0 Å². The van der Waals surface area contributed by atoms with Gasteiger partial charge in [0, 0.05) is 24.1 Å². The lowest BCUT2D eigenvalue weighted by Gasteiger charge is -2.34. The van der Waals surface area contributed by atoms with Crippen LogP contribution in [0.2, 0.25) is 0 Å². The number of hydrogen-bond acceptors (Lipinski definition) is 3. The van der Waals surface area contributed by atoms with Crippen molar-refractivity contribution in [1.82, 2.24) is 4.90 Å². The number of aliphatic carboxylic acids is 1. The molecule has 1 fully saturated rings. The van der Waals surface area contributed by atoms with Gasteiger partial charge in [-0.1, -0.05) is 6.92 Å². The maximum Gasteiger partial charge on any atom is 0.304 e. The van der Waals surface area contributed by atoms with Gasteiger partial charge in [-0.05, 0) is 13.0 Å². The van der Waals surface area contributed by atoms with Crippen molar-refractivity contribution in [3.63, 3.8) is 0 Å². The van der Waals surface area contributed by atoms with Crippen LogP contribution in [0.5, 0.6) is 0 Å². The number of carboxylic acids is 1. The van der Waals surface area contributed by atoms with E-state index in [2.05, 4.69) is 11.8 Å². The molecule has 1 atom stereocenters. The first-order chi connectivity index (χ1) is 6.24. The number of carboxylic acid groups (broad SMARTS) is 1. The summed E-state index contributed by atoms with van der Waals surface area (Å²) in [7, 11) is 0. The number of hydrogen-bond donors (Lipinski definition) is 1. The van der Waals surface area contributed by atoms with Crippen LogP contribution in [-0.4, -0.2) is 46.6 Å². The smallest absolute Gasteiger partial charge is 0.304 e. The summed E-state index contributed by atoms with van der Waals surface area (Å²) >= 11 is 1.87. The van der Waals surface area contributed by atoms with E-state index in [9.17, 15) is 4.79 Å². The molecule has 0 aliphatic carbocycles. The predicted molar refractivity (Wildman–Crippen MR) is 55.2 cm³/mol. The quantitative estimate of drug-likeness (QED) is 0.747. The molecule has 1 N–H and O–H groups in total. The van der Waals surface area contributed by atoms with Crippen LogP contribution in [0.15, 0.2) is 0 Å². The lowest BCUT2D eigenvalue weighted by Crippen LogP contribution is -2.43. The van der Waals surface area contributed by atoms with Gasteiger partial charge in [0.15, 0.2) is 0 Å². The van der Waals surface area contributed by atoms with E-state index in [0.29, 0.717) is 6.42 Å². The Morgan fingerprint density at radius 3 is 3.08 bits per heavy atom. The van der Waals surface area contributed by atoms with E-state index in [1.54, 1.807) is 0 Å². The molecule has 13 heavy (non-hydrogen) atoms. The summed E-state index contributed by atoms with van der Waals surface area (Å²) in [5.74, 6) is 1.45. The summed E-state index contributed by atoms with van der Waals surface area (Å²) in [5, 5.41) is 8.72. The fraction of sp³-hybridized carbons (Fsp3) is 0.889. The third-order valence-corrected chi connectivity index (χ3v) is 3.36. The third kappa shape index (κ3) is 3.56. The Bertz CT molecular complexity index is 173. The summed E-state index contributed by atoms with van der Waals surface area (Å²) < 4.78 is 0. The maximum atomic E-state index is 10.6. The maximum absolute atomic E-state index is 10.6. The third-order valence-electron chi connectivity index (χ3n) is 2.27. The molecule has 0 aromatic carbocycles. The zero-order valence-electron chi connectivity index (χ0n) is 8.03. The van der Waals surface area contributed by atoms with E-state index in [-0.39, 0.29) is 6.04 Å². The topological polar surface area (TPSA) is 40.5 Å². The largest absolute Gasteiger partial charge is 0.481 e. The monoisotopic (exact) mass is 203 g/mol. The summed E-state index contributed by atoms with van der Waals surface area (Å²) in [5.41, 5.74) is 0. The molecule has 0 amide bonds. The molecule has 1 rings (SSSR count). The van der Waals surface area contributed by atoms with Gasteiger partial charge in [0.1, 0.15) is 0 Å². The van der Waals surface area contributed by atoms with Gasteiger partial charge >= 0.3 is 5.97 Å². The van der Waals surface area contributed by atoms with Crippen molar-refractivity contribution in [3.05, 3.63) is 0 Å². The summed E-state index contributed by atoms with van der Waals surface area (Å²) in [4.78, 5) is 12.9. The van der Waals surface area contributed by atoms with Crippen molar-refractivity contribution in [2.45, 2.75) is 25.8 Å². The van der Waals surface area contributed by atoms with Crippen LogP contribution in [0.4, 0.5) is 0 Å². The lowest BCUT2D eigenvalue weighted by molar-refractivity contribution is -0.138. The molecule has 0 aromatic rings. The van der Waals surface area contributed by atoms with E-state index in [1.165, 1.54) is 0 Å². The molecule has 1 heterocycles. The van der Waals surface area contributed by atoms with Gasteiger partial charge in [0.05, 0.1) is 6.42 Å². The van der Waals surface area contributed by atoms with E-state index < -0.39 is 5.97 Å². The van der Waals surface area contributed by atoms with Crippen LogP contribution in [0.3, 0.4) is 0 Å². The Kier molecular flexibility index (Phi) is 4.59. The summed E-state index contributed by atoms with van der Waals surface area (Å²) in [6, 6.07) is 0.260. The molecule has 1 aliphatic rings. The highest BCUT2D eigenvalue weighted by Crippen LogP contribution is 2.18. The Hall–Kier alpha value is -0.220. The van der Waals surface area contributed by atoms with Crippen LogP contribution in [-0.2, 0) is 4.79 Å². The number of nitrogens with zero attached hydrogens (tertiary/aromatic N) is 1. The van der Waals surface area contributed by atoms with Gasteiger partial charge in [-0.25, -0.2) is 0 Å². The first-order valence-corrected chi connectivity index (χ1v) is 5.93. The second-order valence-electron chi connectivity index (χ2n) is 3.36. The van der Waals surface area contributed by atoms with Gasteiger partial charge in [-0.3, -0.25) is 9.69 Å². The molecule has 0 bridgehead atoms. The molecule has 0 spiro atoms. The molecule has 0 aromatic heterocycles. The Labute approximate surface area is 83.5 Å². The summed E-state index contributed by atoms with van der Waals surface area (Å²) in [6.45, 7) is 4.23. The minimum atomic E-state index is -0.673. The minimum Gasteiger partial charge on any atom is -0.481 e. The highest BCUT2D eigenvalue weighted by atomic mass is 32.2. The highest BCUT2D eigenvalue weighted by molar-refractivity contribution is 7.99. The van der Waals surface area contributed by atoms with Crippen LogP contribution < -0.4 is 0 Å². The SMILES string of the molecule is CCCN1CCSCC1CC(=O)O. The molecule has 0 radical (unpaired) electrons. The van der Waals surface area contributed by atoms with Gasteiger partial charge in [-0.2, -0.15) is 11.8 Å². The summed E-state index contributed by atoms with van der Waals surface area (Å²) in [6.07, 6.45) is 1.41. The van der Waals surface area contributed by atoms with Crippen LogP contribution in [0, 0.1) is 0 Å². The van der Waals surface area contributed by atoms with Crippen molar-refractivity contribution in [1.29, 1.82) is 0 Å². The molecule has 1 saturated heterocycles. The predicted octanol–water partition coefficient (Wildman–Crippen LogP) is 1.29. The standard InChI is InChI=1S/C9H17NO2S/c1-2-3-10-4-5-13-7-8(10)6-9(11)12/h8H,2-7H2,1H3,(H,11,12). The lowest BCUT2D eigenvalue weighted by atomic mass is 10.2. The Morgan fingerprint density at radius 2 is 2.46 bits per heavy atom. The van der Waals surface area contributed by atoms with Gasteiger partial charge < -0.3 is 5.11 Å². The van der Waals surface area contributed by atoms with Crippen LogP contribution in [0.25, 0.3) is 0 Å². The normalized spacial score (nSPS) is 24.5. The molecule has 0 saturated carbocycles. The van der Waals surface area contributed by atoms with Crippen molar-refractivity contribution in [2.75, 3.05) is 24.6 Å². The van der Waals surface area contributed by atoms with Crippen LogP contribution >= 0.6 is 11.8 Å². The molecule has 3 nitrogen and oxygen atoms in total. The number of carbonyl (C=O) groups is 1.